The van der Waals surface area contributed by atoms with Crippen molar-refractivity contribution in [2.75, 3.05) is 11.9 Å². The maximum atomic E-state index is 11.7. The summed E-state index contributed by atoms with van der Waals surface area (Å²) in [6.45, 7) is 0.188. The van der Waals surface area contributed by atoms with Gasteiger partial charge < -0.3 is 10.4 Å². The van der Waals surface area contributed by atoms with Crippen molar-refractivity contribution in [3.63, 3.8) is 0 Å². The van der Waals surface area contributed by atoms with Crippen LogP contribution < -0.4 is 10.9 Å². The summed E-state index contributed by atoms with van der Waals surface area (Å²) in [5.41, 5.74) is 0.555. The molecule has 1 saturated carbocycles. The van der Waals surface area contributed by atoms with E-state index >= 15 is 0 Å². The Kier molecular flexibility index (Phi) is 4.40. The SMILES string of the molecule is Cn1ncc(NC2CCCCC2CO)c(Br)c1=O. The van der Waals surface area contributed by atoms with E-state index in [0.29, 0.717) is 10.2 Å². The Labute approximate surface area is 114 Å². The zero-order valence-electron chi connectivity index (χ0n) is 10.4. The van der Waals surface area contributed by atoms with Gasteiger partial charge in [-0.25, -0.2) is 4.68 Å². The van der Waals surface area contributed by atoms with E-state index < -0.39 is 0 Å². The van der Waals surface area contributed by atoms with Crippen LogP contribution in [-0.4, -0.2) is 27.5 Å². The summed E-state index contributed by atoms with van der Waals surface area (Å²) < 4.78 is 1.79. The number of aliphatic hydroxyl groups is 1. The molecular formula is C12H18BrN3O2. The van der Waals surface area contributed by atoms with E-state index in [1.165, 1.54) is 11.1 Å². The zero-order valence-corrected chi connectivity index (χ0v) is 12.0. The molecule has 1 aromatic rings. The summed E-state index contributed by atoms with van der Waals surface area (Å²) >= 11 is 3.30. The van der Waals surface area contributed by atoms with Crippen molar-refractivity contribution in [1.29, 1.82) is 0 Å². The fraction of sp³-hybridized carbons (Fsp3) is 0.667. The summed E-state index contributed by atoms with van der Waals surface area (Å²) in [5, 5.41) is 16.7. The van der Waals surface area contributed by atoms with E-state index in [4.69, 9.17) is 0 Å². The number of anilines is 1. The minimum Gasteiger partial charge on any atom is -0.396 e. The molecule has 0 saturated heterocycles. The maximum Gasteiger partial charge on any atom is 0.282 e. The van der Waals surface area contributed by atoms with Crippen LogP contribution in [0, 0.1) is 5.92 Å². The lowest BCUT2D eigenvalue weighted by Gasteiger charge is -2.31. The quantitative estimate of drug-likeness (QED) is 0.887. The fourth-order valence-electron chi connectivity index (χ4n) is 2.43. The molecule has 1 aromatic heterocycles. The minimum atomic E-state index is -0.156. The second-order valence-electron chi connectivity index (χ2n) is 4.78. The Balaban J connectivity index is 2.18. The average Bonchev–Trinajstić information content (AvgIpc) is 2.40. The van der Waals surface area contributed by atoms with Crippen LogP contribution in [0.2, 0.25) is 0 Å². The van der Waals surface area contributed by atoms with Gasteiger partial charge in [0.1, 0.15) is 4.47 Å². The predicted octanol–water partition coefficient (Wildman–Crippen LogP) is 1.51. The molecule has 6 heteroatoms. The van der Waals surface area contributed by atoms with Crippen molar-refractivity contribution >= 4 is 21.6 Å². The highest BCUT2D eigenvalue weighted by Gasteiger charge is 2.25. The van der Waals surface area contributed by atoms with Crippen molar-refractivity contribution in [3.05, 3.63) is 21.0 Å². The number of hydrogen-bond donors (Lipinski definition) is 2. The van der Waals surface area contributed by atoms with Crippen molar-refractivity contribution in [1.82, 2.24) is 9.78 Å². The van der Waals surface area contributed by atoms with Gasteiger partial charge in [0.15, 0.2) is 0 Å². The smallest absolute Gasteiger partial charge is 0.282 e. The number of rotatable bonds is 3. The molecule has 1 aliphatic rings. The molecule has 0 bridgehead atoms. The van der Waals surface area contributed by atoms with Gasteiger partial charge in [-0.15, -0.1) is 0 Å². The molecular weight excluding hydrogens is 298 g/mol. The molecule has 0 aliphatic heterocycles. The van der Waals surface area contributed by atoms with Gasteiger partial charge in [-0.05, 0) is 28.8 Å². The van der Waals surface area contributed by atoms with Crippen LogP contribution in [0.3, 0.4) is 0 Å². The summed E-state index contributed by atoms with van der Waals surface area (Å²) in [6.07, 6.45) is 6.02. The normalized spacial score (nSPS) is 23.9. The molecule has 1 aliphatic carbocycles. The molecule has 0 spiro atoms. The second-order valence-corrected chi connectivity index (χ2v) is 5.57. The van der Waals surface area contributed by atoms with Crippen LogP contribution in [0.4, 0.5) is 5.69 Å². The maximum absolute atomic E-state index is 11.7. The van der Waals surface area contributed by atoms with Gasteiger partial charge in [-0.2, -0.15) is 5.10 Å². The lowest BCUT2D eigenvalue weighted by atomic mass is 9.85. The first-order chi connectivity index (χ1) is 8.63. The Hall–Kier alpha value is -0.880. The van der Waals surface area contributed by atoms with E-state index in [1.54, 1.807) is 13.2 Å². The molecule has 1 fully saturated rings. The molecule has 2 N–H and O–H groups in total. The van der Waals surface area contributed by atoms with Crippen molar-refractivity contribution < 1.29 is 5.11 Å². The van der Waals surface area contributed by atoms with Crippen molar-refractivity contribution in [3.8, 4) is 0 Å². The summed E-state index contributed by atoms with van der Waals surface area (Å²) in [6, 6.07) is 0.217. The third-order valence-corrected chi connectivity index (χ3v) is 4.33. The molecule has 1 heterocycles. The fourth-order valence-corrected chi connectivity index (χ4v) is 2.90. The number of halogens is 1. The number of hydrogen-bond acceptors (Lipinski definition) is 4. The monoisotopic (exact) mass is 315 g/mol. The lowest BCUT2D eigenvalue weighted by molar-refractivity contribution is 0.178. The highest BCUT2D eigenvalue weighted by Crippen LogP contribution is 2.28. The first-order valence-electron chi connectivity index (χ1n) is 6.22. The molecule has 100 valence electrons. The van der Waals surface area contributed by atoms with Gasteiger partial charge in [0.05, 0.1) is 11.9 Å². The molecule has 5 nitrogen and oxygen atoms in total. The van der Waals surface area contributed by atoms with E-state index in [0.717, 1.165) is 19.3 Å². The summed E-state index contributed by atoms with van der Waals surface area (Å²) in [7, 11) is 1.62. The van der Waals surface area contributed by atoms with Crippen LogP contribution in [0.25, 0.3) is 0 Å². The predicted molar refractivity (Wildman–Crippen MR) is 73.6 cm³/mol. The minimum absolute atomic E-state index is 0.156. The largest absolute Gasteiger partial charge is 0.396 e. The topological polar surface area (TPSA) is 67.2 Å². The number of aliphatic hydroxyl groups excluding tert-OH is 1. The number of aryl methyl sites for hydroxylation is 1. The van der Waals surface area contributed by atoms with Gasteiger partial charge in [0, 0.05) is 25.6 Å². The van der Waals surface area contributed by atoms with Gasteiger partial charge in [0.2, 0.25) is 0 Å². The van der Waals surface area contributed by atoms with Gasteiger partial charge >= 0.3 is 0 Å². The molecule has 0 radical (unpaired) electrons. The lowest BCUT2D eigenvalue weighted by Crippen LogP contribution is -2.35. The van der Waals surface area contributed by atoms with Gasteiger partial charge in [-0.3, -0.25) is 4.79 Å². The summed E-state index contributed by atoms with van der Waals surface area (Å²) in [5.74, 6) is 0.259. The molecule has 2 atom stereocenters. The van der Waals surface area contributed by atoms with Gasteiger partial charge in [-0.1, -0.05) is 12.8 Å². The van der Waals surface area contributed by atoms with Crippen LogP contribution in [-0.2, 0) is 7.05 Å². The Bertz CT molecular complexity index is 475. The van der Waals surface area contributed by atoms with Crippen molar-refractivity contribution in [2.45, 2.75) is 31.7 Å². The Morgan fingerprint density at radius 2 is 2.28 bits per heavy atom. The van der Waals surface area contributed by atoms with Crippen LogP contribution in [0.5, 0.6) is 0 Å². The van der Waals surface area contributed by atoms with Crippen LogP contribution in [0.15, 0.2) is 15.5 Å². The Morgan fingerprint density at radius 3 is 3.00 bits per heavy atom. The standard InChI is InChI=1S/C12H18BrN3O2/c1-16-12(18)11(13)10(6-14-16)15-9-5-3-2-4-8(9)7-17/h6,8-9,15,17H,2-5,7H2,1H3. The van der Waals surface area contributed by atoms with Crippen LogP contribution in [0.1, 0.15) is 25.7 Å². The first-order valence-corrected chi connectivity index (χ1v) is 7.02. The number of nitrogens with zero attached hydrogens (tertiary/aromatic N) is 2. The second kappa shape index (κ2) is 5.84. The third-order valence-electron chi connectivity index (χ3n) is 3.56. The number of nitrogens with one attached hydrogen (secondary N) is 1. The zero-order chi connectivity index (χ0) is 13.1. The van der Waals surface area contributed by atoms with E-state index in [9.17, 15) is 9.90 Å². The molecule has 2 rings (SSSR count). The highest BCUT2D eigenvalue weighted by atomic mass is 79.9. The first kappa shape index (κ1) is 13.5. The van der Waals surface area contributed by atoms with E-state index in [2.05, 4.69) is 26.3 Å². The Morgan fingerprint density at radius 1 is 1.56 bits per heavy atom. The molecule has 0 aromatic carbocycles. The van der Waals surface area contributed by atoms with E-state index in [1.807, 2.05) is 0 Å². The molecule has 2 unspecified atom stereocenters. The summed E-state index contributed by atoms with van der Waals surface area (Å²) in [4.78, 5) is 11.7. The highest BCUT2D eigenvalue weighted by molar-refractivity contribution is 9.10. The van der Waals surface area contributed by atoms with Crippen LogP contribution >= 0.6 is 15.9 Å². The third kappa shape index (κ3) is 2.75. The molecule has 18 heavy (non-hydrogen) atoms. The van der Waals surface area contributed by atoms with E-state index in [-0.39, 0.29) is 24.1 Å². The average molecular weight is 316 g/mol. The van der Waals surface area contributed by atoms with Crippen molar-refractivity contribution in [2.24, 2.45) is 13.0 Å². The molecule has 0 amide bonds. The number of aromatic nitrogens is 2. The van der Waals surface area contributed by atoms with Gasteiger partial charge in [0.25, 0.3) is 5.56 Å².